The molecule has 0 aliphatic carbocycles. The number of aromatic nitrogens is 5. The van der Waals surface area contributed by atoms with E-state index in [0.29, 0.717) is 54.5 Å². The first-order valence-electron chi connectivity index (χ1n) is 12.1. The predicted octanol–water partition coefficient (Wildman–Crippen LogP) is 4.00. The molecule has 1 fully saturated rings. The normalized spacial score (nSPS) is 15.6. The van der Waals surface area contributed by atoms with Gasteiger partial charge in [0.25, 0.3) is 0 Å². The maximum Gasteiger partial charge on any atom is 0.226 e. The average molecular weight is 499 g/mol. The monoisotopic (exact) mass is 498 g/mol. The molecule has 4 heterocycles. The van der Waals surface area contributed by atoms with Gasteiger partial charge in [-0.1, -0.05) is 6.58 Å². The van der Waals surface area contributed by atoms with E-state index in [0.717, 1.165) is 22.5 Å². The Labute approximate surface area is 215 Å². The molecule has 5 rings (SSSR count). The molecule has 0 atom stereocenters. The number of ether oxygens (including phenoxy) is 1. The first-order chi connectivity index (χ1) is 17.8. The van der Waals surface area contributed by atoms with E-state index in [4.69, 9.17) is 9.72 Å². The molecule has 4 aromatic rings. The largest absolute Gasteiger partial charge is 0.457 e. The third kappa shape index (κ3) is 5.44. The zero-order valence-corrected chi connectivity index (χ0v) is 21.2. The van der Waals surface area contributed by atoms with Crippen LogP contribution in [0.2, 0.25) is 0 Å². The SMILES string of the molecule is C=C/N=c1/cc(Oc2ccc(Nc3ncnc4cnc(N5CCC(C)(O)CC5)nc34)cc2C)ccn1C. The lowest BCUT2D eigenvalue weighted by molar-refractivity contribution is 0.0349. The number of hydrogen-bond acceptors (Lipinski definition) is 9. The average Bonchev–Trinajstić information content (AvgIpc) is 2.88. The second kappa shape index (κ2) is 9.98. The molecule has 2 N–H and O–H groups in total. The van der Waals surface area contributed by atoms with Crippen LogP contribution in [0.4, 0.5) is 17.5 Å². The Kier molecular flexibility index (Phi) is 6.58. The Morgan fingerprint density at radius 2 is 1.97 bits per heavy atom. The number of anilines is 3. The van der Waals surface area contributed by atoms with E-state index >= 15 is 0 Å². The van der Waals surface area contributed by atoms with Gasteiger partial charge in [-0.3, -0.25) is 0 Å². The molecule has 0 radical (unpaired) electrons. The van der Waals surface area contributed by atoms with Gasteiger partial charge in [-0.05, 0) is 56.5 Å². The van der Waals surface area contributed by atoms with Gasteiger partial charge in [-0.2, -0.15) is 0 Å². The molecule has 0 unspecified atom stereocenters. The quantitative estimate of drug-likeness (QED) is 0.410. The lowest BCUT2D eigenvalue weighted by atomic mass is 9.94. The summed E-state index contributed by atoms with van der Waals surface area (Å²) >= 11 is 0. The number of benzene rings is 1. The number of nitrogens with zero attached hydrogens (tertiary/aromatic N) is 7. The highest BCUT2D eigenvalue weighted by Crippen LogP contribution is 2.30. The van der Waals surface area contributed by atoms with Crippen LogP contribution in [0.1, 0.15) is 25.3 Å². The molecule has 1 aliphatic rings. The maximum atomic E-state index is 10.3. The number of pyridine rings is 1. The second-order valence-electron chi connectivity index (χ2n) is 9.46. The zero-order valence-electron chi connectivity index (χ0n) is 21.2. The lowest BCUT2D eigenvalue weighted by Crippen LogP contribution is -2.43. The first kappa shape index (κ1) is 24.4. The van der Waals surface area contributed by atoms with E-state index in [1.54, 1.807) is 6.20 Å². The van der Waals surface area contributed by atoms with Crippen molar-refractivity contribution in [2.45, 2.75) is 32.3 Å². The number of aliphatic hydroxyl groups is 1. The van der Waals surface area contributed by atoms with E-state index in [9.17, 15) is 5.11 Å². The second-order valence-corrected chi connectivity index (χ2v) is 9.46. The van der Waals surface area contributed by atoms with E-state index in [1.807, 2.05) is 62.0 Å². The molecule has 1 aromatic carbocycles. The van der Waals surface area contributed by atoms with Crippen LogP contribution >= 0.6 is 0 Å². The molecule has 190 valence electrons. The number of hydrogen-bond donors (Lipinski definition) is 2. The Bertz CT molecular complexity index is 1520. The summed E-state index contributed by atoms with van der Waals surface area (Å²) in [6, 6.07) is 9.60. The summed E-state index contributed by atoms with van der Waals surface area (Å²) in [4.78, 5) is 24.4. The summed E-state index contributed by atoms with van der Waals surface area (Å²) < 4.78 is 8.01. The molecule has 1 aliphatic heterocycles. The van der Waals surface area contributed by atoms with E-state index in [-0.39, 0.29) is 0 Å². The molecule has 10 heteroatoms. The number of aryl methyl sites for hydroxylation is 2. The summed E-state index contributed by atoms with van der Waals surface area (Å²) in [6.07, 6.45) is 7.95. The summed E-state index contributed by atoms with van der Waals surface area (Å²) in [6.45, 7) is 8.91. The molecule has 0 amide bonds. The number of fused-ring (bicyclic) bond motifs is 1. The molecule has 37 heavy (non-hydrogen) atoms. The van der Waals surface area contributed by atoms with Crippen molar-refractivity contribution < 1.29 is 9.84 Å². The van der Waals surface area contributed by atoms with Gasteiger partial charge < -0.3 is 24.6 Å². The topological polar surface area (TPSA) is 114 Å². The van der Waals surface area contributed by atoms with Gasteiger partial charge in [-0.15, -0.1) is 0 Å². The van der Waals surface area contributed by atoms with Gasteiger partial charge in [-0.25, -0.2) is 24.9 Å². The van der Waals surface area contributed by atoms with Crippen molar-refractivity contribution in [1.82, 2.24) is 24.5 Å². The van der Waals surface area contributed by atoms with E-state index in [2.05, 4.69) is 36.7 Å². The van der Waals surface area contributed by atoms with Gasteiger partial charge in [0.05, 0.1) is 11.8 Å². The number of rotatable bonds is 6. The Hall–Kier alpha value is -4.31. The summed E-state index contributed by atoms with van der Waals surface area (Å²) in [5.41, 5.74) is 3.20. The Morgan fingerprint density at radius 3 is 2.73 bits per heavy atom. The molecule has 0 bridgehead atoms. The van der Waals surface area contributed by atoms with Crippen molar-refractivity contribution in [1.29, 1.82) is 0 Å². The van der Waals surface area contributed by atoms with Gasteiger partial charge in [0.1, 0.15) is 34.3 Å². The van der Waals surface area contributed by atoms with Crippen molar-refractivity contribution in [3.63, 3.8) is 0 Å². The van der Waals surface area contributed by atoms with Crippen molar-refractivity contribution in [3.05, 3.63) is 72.9 Å². The standard InChI is InChI=1S/C27H30N8O2/c1-5-28-23-15-20(8-11-34(23)4)37-22-7-6-19(14-18(22)2)32-25-24-21(30-17-31-25)16-29-26(33-24)35-12-9-27(3,36)10-13-35/h5-8,11,14-17,36H,1,9-10,12-13H2,2-4H3,(H,30,31,32)/b28-23-. The highest BCUT2D eigenvalue weighted by Gasteiger charge is 2.28. The van der Waals surface area contributed by atoms with Crippen molar-refractivity contribution in [2.24, 2.45) is 12.0 Å². The summed E-state index contributed by atoms with van der Waals surface area (Å²) in [7, 11) is 1.92. The van der Waals surface area contributed by atoms with Crippen LogP contribution in [0.5, 0.6) is 11.5 Å². The highest BCUT2D eigenvalue weighted by molar-refractivity contribution is 5.87. The maximum absolute atomic E-state index is 10.3. The lowest BCUT2D eigenvalue weighted by Gasteiger charge is -2.35. The Balaban J connectivity index is 1.38. The predicted molar refractivity (Wildman–Crippen MR) is 143 cm³/mol. The molecule has 10 nitrogen and oxygen atoms in total. The Morgan fingerprint density at radius 1 is 1.16 bits per heavy atom. The van der Waals surface area contributed by atoms with Gasteiger partial charge >= 0.3 is 0 Å². The minimum atomic E-state index is -0.640. The fraction of sp³-hybridized carbons (Fsp3) is 0.296. The van der Waals surface area contributed by atoms with Crippen LogP contribution < -0.4 is 20.4 Å². The molecule has 0 saturated carbocycles. The smallest absolute Gasteiger partial charge is 0.226 e. The third-order valence-electron chi connectivity index (χ3n) is 6.47. The molecule has 0 spiro atoms. The molecule has 3 aromatic heterocycles. The number of piperidine rings is 1. The van der Waals surface area contributed by atoms with Crippen molar-refractivity contribution in [2.75, 3.05) is 23.3 Å². The van der Waals surface area contributed by atoms with Crippen molar-refractivity contribution in [3.8, 4) is 11.5 Å². The summed E-state index contributed by atoms with van der Waals surface area (Å²) in [5.74, 6) is 2.63. The van der Waals surface area contributed by atoms with Crippen LogP contribution in [0.15, 0.2) is 66.8 Å². The van der Waals surface area contributed by atoms with Crippen LogP contribution in [-0.4, -0.2) is 48.3 Å². The zero-order chi connectivity index (χ0) is 26.0. The van der Waals surface area contributed by atoms with E-state index < -0.39 is 5.60 Å². The van der Waals surface area contributed by atoms with E-state index in [1.165, 1.54) is 12.5 Å². The van der Waals surface area contributed by atoms with Crippen LogP contribution in [0.3, 0.4) is 0 Å². The fourth-order valence-corrected chi connectivity index (χ4v) is 4.21. The minimum Gasteiger partial charge on any atom is -0.457 e. The van der Waals surface area contributed by atoms with Crippen LogP contribution in [0.25, 0.3) is 11.0 Å². The summed E-state index contributed by atoms with van der Waals surface area (Å²) in [5, 5.41) is 13.6. The van der Waals surface area contributed by atoms with Gasteiger partial charge in [0.2, 0.25) is 5.95 Å². The van der Waals surface area contributed by atoms with Gasteiger partial charge in [0.15, 0.2) is 5.82 Å². The molecular weight excluding hydrogens is 468 g/mol. The van der Waals surface area contributed by atoms with Crippen molar-refractivity contribution >= 4 is 28.5 Å². The first-order valence-corrected chi connectivity index (χ1v) is 12.1. The third-order valence-corrected chi connectivity index (χ3v) is 6.47. The minimum absolute atomic E-state index is 0.594. The fourth-order valence-electron chi connectivity index (χ4n) is 4.21. The van der Waals surface area contributed by atoms with Crippen LogP contribution in [0, 0.1) is 6.92 Å². The number of nitrogens with one attached hydrogen (secondary N) is 1. The molecule has 1 saturated heterocycles. The van der Waals surface area contributed by atoms with Crippen LogP contribution in [-0.2, 0) is 7.05 Å². The highest BCUT2D eigenvalue weighted by atomic mass is 16.5. The van der Waals surface area contributed by atoms with Gasteiger partial charge in [0, 0.05) is 44.3 Å². The molecular formula is C27H30N8O2.